The van der Waals surface area contributed by atoms with Crippen LogP contribution in [0.15, 0.2) is 36.9 Å². The summed E-state index contributed by atoms with van der Waals surface area (Å²) in [6.07, 6.45) is 4.05. The molecule has 1 aromatic rings. The topological polar surface area (TPSA) is 60.0 Å². The molecule has 1 amide bonds. The minimum atomic E-state index is -0.510. The summed E-state index contributed by atoms with van der Waals surface area (Å²) in [6.45, 7) is 13.7. The maximum absolute atomic E-state index is 12.5. The van der Waals surface area contributed by atoms with Crippen LogP contribution in [-0.4, -0.2) is 56.6 Å². The molecule has 158 valence electrons. The zero-order valence-corrected chi connectivity index (χ0v) is 17.6. The molecule has 0 aliphatic rings. The van der Waals surface area contributed by atoms with Crippen molar-refractivity contribution in [3.05, 3.63) is 36.9 Å². The van der Waals surface area contributed by atoms with Crippen LogP contribution in [0.4, 0.5) is 10.5 Å². The molecule has 1 aromatic carbocycles. The van der Waals surface area contributed by atoms with Crippen molar-refractivity contribution in [2.45, 2.75) is 46.1 Å². The normalized spacial score (nSPS) is 11.9. The first-order valence-electron chi connectivity index (χ1n) is 10.2. The van der Waals surface area contributed by atoms with E-state index < -0.39 is 6.09 Å². The fourth-order valence-corrected chi connectivity index (χ4v) is 2.70. The smallest absolute Gasteiger partial charge is 0.412 e. The molecule has 1 unspecified atom stereocenters. The summed E-state index contributed by atoms with van der Waals surface area (Å²) in [5, 5.41) is 2.80. The second-order valence-electron chi connectivity index (χ2n) is 6.52. The Morgan fingerprint density at radius 2 is 1.96 bits per heavy atom. The number of para-hydroxylation sites is 2. The number of nitrogens with one attached hydrogen (secondary N) is 1. The van der Waals surface area contributed by atoms with Gasteiger partial charge in [-0.25, -0.2) is 4.79 Å². The molecule has 0 heterocycles. The van der Waals surface area contributed by atoms with Gasteiger partial charge in [-0.3, -0.25) is 5.32 Å². The van der Waals surface area contributed by atoms with Gasteiger partial charge in [-0.2, -0.15) is 0 Å². The van der Waals surface area contributed by atoms with Gasteiger partial charge in [-0.15, -0.1) is 6.58 Å². The number of hydrogen-bond donors (Lipinski definition) is 1. The molecule has 6 heteroatoms. The largest absolute Gasteiger partial charge is 0.491 e. The van der Waals surface area contributed by atoms with E-state index in [1.165, 1.54) is 0 Å². The number of nitrogens with zero attached hydrogens (tertiary/aromatic N) is 1. The maximum atomic E-state index is 12.5. The van der Waals surface area contributed by atoms with Gasteiger partial charge in [0.05, 0.1) is 25.5 Å². The number of carbonyl (C=O) groups excluding carboxylic acids is 1. The third kappa shape index (κ3) is 9.76. The summed E-state index contributed by atoms with van der Waals surface area (Å²) in [5.41, 5.74) is 0.609. The number of amides is 1. The lowest BCUT2D eigenvalue weighted by Crippen LogP contribution is -2.38. The second-order valence-corrected chi connectivity index (χ2v) is 6.52. The molecule has 0 radical (unpaired) electrons. The summed E-state index contributed by atoms with van der Waals surface area (Å²) in [7, 11) is 0. The summed E-state index contributed by atoms with van der Waals surface area (Å²) >= 11 is 0. The summed E-state index contributed by atoms with van der Waals surface area (Å²) in [5.74, 6) is 0.652. The van der Waals surface area contributed by atoms with Crippen molar-refractivity contribution >= 4 is 11.8 Å². The predicted molar refractivity (Wildman–Crippen MR) is 114 cm³/mol. The van der Waals surface area contributed by atoms with Crippen LogP contribution < -0.4 is 10.1 Å². The highest BCUT2D eigenvalue weighted by molar-refractivity contribution is 5.86. The quantitative estimate of drug-likeness (QED) is 0.346. The van der Waals surface area contributed by atoms with E-state index in [9.17, 15) is 4.79 Å². The molecule has 0 aliphatic carbocycles. The molecule has 0 aliphatic heterocycles. The highest BCUT2D eigenvalue weighted by atomic mass is 16.6. The zero-order valence-electron chi connectivity index (χ0n) is 17.6. The predicted octanol–water partition coefficient (Wildman–Crippen LogP) is 4.72. The second kappa shape index (κ2) is 14.9. The fraction of sp³-hybridized carbons (Fsp3) is 0.591. The van der Waals surface area contributed by atoms with Crippen molar-refractivity contribution in [2.75, 3.05) is 44.8 Å². The molecular weight excluding hydrogens is 356 g/mol. The number of benzene rings is 1. The minimum absolute atomic E-state index is 0.325. The van der Waals surface area contributed by atoms with Crippen LogP contribution in [0.2, 0.25) is 0 Å². The average Bonchev–Trinajstić information content (AvgIpc) is 2.70. The molecule has 0 saturated heterocycles. The van der Waals surface area contributed by atoms with Crippen LogP contribution in [0.3, 0.4) is 0 Å². The molecular formula is C22H36N2O4. The van der Waals surface area contributed by atoms with Crippen molar-refractivity contribution in [3.63, 3.8) is 0 Å². The summed E-state index contributed by atoms with van der Waals surface area (Å²) < 4.78 is 16.9. The Hall–Kier alpha value is -2.05. The SMILES string of the molecule is C=CCOCC(CN(CC)CC)OC(=O)Nc1ccccc1OCCCCC. The van der Waals surface area contributed by atoms with Crippen molar-refractivity contribution in [3.8, 4) is 5.75 Å². The van der Waals surface area contributed by atoms with Crippen molar-refractivity contribution in [1.29, 1.82) is 0 Å². The molecule has 1 atom stereocenters. The number of ether oxygens (including phenoxy) is 3. The molecule has 0 saturated carbocycles. The molecule has 1 N–H and O–H groups in total. The van der Waals surface area contributed by atoms with Gasteiger partial charge in [0.15, 0.2) is 0 Å². The first kappa shape index (κ1) is 24.0. The highest BCUT2D eigenvalue weighted by Gasteiger charge is 2.18. The lowest BCUT2D eigenvalue weighted by atomic mass is 10.2. The molecule has 0 bridgehead atoms. The monoisotopic (exact) mass is 392 g/mol. The van der Waals surface area contributed by atoms with Crippen LogP contribution in [0.1, 0.15) is 40.0 Å². The average molecular weight is 393 g/mol. The van der Waals surface area contributed by atoms with E-state index in [2.05, 4.69) is 37.6 Å². The van der Waals surface area contributed by atoms with Crippen LogP contribution in [0.5, 0.6) is 5.75 Å². The zero-order chi connectivity index (χ0) is 20.6. The van der Waals surface area contributed by atoms with E-state index >= 15 is 0 Å². The van der Waals surface area contributed by atoms with Crippen LogP contribution in [0, 0.1) is 0 Å². The summed E-state index contributed by atoms with van der Waals surface area (Å²) in [6, 6.07) is 7.40. The fourth-order valence-electron chi connectivity index (χ4n) is 2.70. The van der Waals surface area contributed by atoms with E-state index in [0.29, 0.717) is 37.8 Å². The van der Waals surface area contributed by atoms with Gasteiger partial charge in [0.2, 0.25) is 0 Å². The van der Waals surface area contributed by atoms with Crippen LogP contribution in [0.25, 0.3) is 0 Å². The Morgan fingerprint density at radius 3 is 2.64 bits per heavy atom. The van der Waals surface area contributed by atoms with Gasteiger partial charge < -0.3 is 19.1 Å². The van der Waals surface area contributed by atoms with E-state index in [1.807, 2.05) is 24.3 Å². The Labute approximate surface area is 169 Å². The Morgan fingerprint density at radius 1 is 1.21 bits per heavy atom. The number of carbonyl (C=O) groups is 1. The van der Waals surface area contributed by atoms with Gasteiger partial charge >= 0.3 is 6.09 Å². The van der Waals surface area contributed by atoms with Crippen molar-refractivity contribution < 1.29 is 19.0 Å². The third-order valence-corrected chi connectivity index (χ3v) is 4.30. The number of unbranched alkanes of at least 4 members (excludes halogenated alkanes) is 2. The lowest BCUT2D eigenvalue weighted by molar-refractivity contribution is 0.0168. The van der Waals surface area contributed by atoms with Crippen LogP contribution in [-0.2, 0) is 9.47 Å². The Kier molecular flexibility index (Phi) is 12.8. The number of rotatable bonds is 15. The molecule has 6 nitrogen and oxygen atoms in total. The number of likely N-dealkylation sites (N-methyl/N-ethyl adjacent to an activating group) is 1. The van der Waals surface area contributed by atoms with Gasteiger partial charge in [-0.1, -0.05) is 51.8 Å². The minimum Gasteiger partial charge on any atom is -0.491 e. The standard InChI is InChI=1S/C22H36N2O4/c1-5-9-12-16-27-21-14-11-10-13-20(21)23-22(25)28-19(18-26-15-6-2)17-24(7-3)8-4/h6,10-11,13-14,19H,2,5,7-9,12,15-18H2,1,3-4H3,(H,23,25). The number of hydrogen-bond acceptors (Lipinski definition) is 5. The highest BCUT2D eigenvalue weighted by Crippen LogP contribution is 2.24. The van der Waals surface area contributed by atoms with Crippen molar-refractivity contribution in [1.82, 2.24) is 4.90 Å². The summed E-state index contributed by atoms with van der Waals surface area (Å²) in [4.78, 5) is 14.7. The maximum Gasteiger partial charge on any atom is 0.412 e. The van der Waals surface area contributed by atoms with Crippen molar-refractivity contribution in [2.24, 2.45) is 0 Å². The molecule has 0 spiro atoms. The Balaban J connectivity index is 2.65. The molecule has 28 heavy (non-hydrogen) atoms. The molecule has 0 aromatic heterocycles. The van der Waals surface area contributed by atoms with Gasteiger partial charge in [-0.05, 0) is 31.6 Å². The first-order valence-corrected chi connectivity index (χ1v) is 10.2. The lowest BCUT2D eigenvalue weighted by Gasteiger charge is -2.25. The first-order chi connectivity index (χ1) is 13.6. The third-order valence-electron chi connectivity index (χ3n) is 4.30. The van der Waals surface area contributed by atoms with E-state index in [1.54, 1.807) is 6.08 Å². The van der Waals surface area contributed by atoms with E-state index in [4.69, 9.17) is 14.2 Å². The van der Waals surface area contributed by atoms with Crippen LogP contribution >= 0.6 is 0 Å². The van der Waals surface area contributed by atoms with E-state index in [-0.39, 0.29) is 6.10 Å². The van der Waals surface area contributed by atoms with Gasteiger partial charge in [0, 0.05) is 6.54 Å². The van der Waals surface area contributed by atoms with Gasteiger partial charge in [0.1, 0.15) is 11.9 Å². The van der Waals surface area contributed by atoms with Gasteiger partial charge in [0.25, 0.3) is 0 Å². The molecule has 0 fully saturated rings. The van der Waals surface area contributed by atoms with E-state index in [0.717, 1.165) is 32.4 Å². The molecule has 1 rings (SSSR count). The Bertz CT molecular complexity index is 561. The number of anilines is 1.